The lowest BCUT2D eigenvalue weighted by molar-refractivity contribution is -0.114. The van der Waals surface area contributed by atoms with Crippen LogP contribution in [0.25, 0.3) is 16.9 Å². The van der Waals surface area contributed by atoms with Crippen molar-refractivity contribution >= 4 is 23.3 Å². The maximum atomic E-state index is 14.6. The van der Waals surface area contributed by atoms with Crippen LogP contribution in [0.2, 0.25) is 0 Å². The number of halogens is 1. The number of pyridine rings is 1. The van der Waals surface area contributed by atoms with Crippen LogP contribution in [-0.2, 0) is 11.3 Å². The van der Waals surface area contributed by atoms with Gasteiger partial charge in [-0.05, 0) is 49.9 Å². The van der Waals surface area contributed by atoms with Crippen LogP contribution in [-0.4, -0.2) is 44.6 Å². The number of para-hydroxylation sites is 1. The van der Waals surface area contributed by atoms with E-state index in [1.165, 1.54) is 24.6 Å². The molecule has 1 unspecified atom stereocenters. The standard InChI is InChI=1S/C27H27FN6O4/c1-15(17-7-8-17)38-25-18(5-4-6-21(25)28)12-29-26(36)20-11-19(13-30-27(20)37-3)22-9-10-24-32-23(31-16(2)35)14-34(24)33-22/h4-6,9-11,13-15,17H,7-8,12H2,1-3H3,(H,29,36)(H,31,35). The summed E-state index contributed by atoms with van der Waals surface area (Å²) in [5.41, 5.74) is 2.38. The van der Waals surface area contributed by atoms with Gasteiger partial charge in [-0.25, -0.2) is 18.9 Å². The Labute approximate surface area is 218 Å². The van der Waals surface area contributed by atoms with Crippen LogP contribution in [0.15, 0.2) is 48.8 Å². The van der Waals surface area contributed by atoms with Crippen molar-refractivity contribution in [3.8, 4) is 22.9 Å². The van der Waals surface area contributed by atoms with Crippen molar-refractivity contribution in [3.63, 3.8) is 0 Å². The lowest BCUT2D eigenvalue weighted by Gasteiger charge is -2.18. The molecule has 0 aliphatic heterocycles. The van der Waals surface area contributed by atoms with Gasteiger partial charge < -0.3 is 20.1 Å². The summed E-state index contributed by atoms with van der Waals surface area (Å²) in [7, 11) is 1.43. The smallest absolute Gasteiger partial charge is 0.257 e. The van der Waals surface area contributed by atoms with Crippen LogP contribution in [0.3, 0.4) is 0 Å². The number of nitrogens with one attached hydrogen (secondary N) is 2. The number of anilines is 1. The molecule has 11 heteroatoms. The maximum Gasteiger partial charge on any atom is 0.257 e. The van der Waals surface area contributed by atoms with E-state index in [4.69, 9.17) is 9.47 Å². The lowest BCUT2D eigenvalue weighted by Crippen LogP contribution is -2.25. The zero-order chi connectivity index (χ0) is 26.8. The SMILES string of the molecule is COc1ncc(-c2ccc3nc(NC(C)=O)cn3n2)cc1C(=O)NCc1cccc(F)c1OC(C)C1CC1. The second kappa shape index (κ2) is 10.4. The Balaban J connectivity index is 1.37. The van der Waals surface area contributed by atoms with Gasteiger partial charge >= 0.3 is 0 Å². The number of amides is 2. The molecule has 5 rings (SSSR count). The maximum absolute atomic E-state index is 14.6. The summed E-state index contributed by atoms with van der Waals surface area (Å²) >= 11 is 0. The molecule has 1 atom stereocenters. The second-order valence-electron chi connectivity index (χ2n) is 9.18. The van der Waals surface area contributed by atoms with Gasteiger partial charge in [0.05, 0.1) is 25.1 Å². The summed E-state index contributed by atoms with van der Waals surface area (Å²) in [5.74, 6) is -0.0440. The van der Waals surface area contributed by atoms with E-state index >= 15 is 0 Å². The van der Waals surface area contributed by atoms with Crippen LogP contribution >= 0.6 is 0 Å². The molecule has 2 N–H and O–H groups in total. The van der Waals surface area contributed by atoms with Crippen molar-refractivity contribution in [2.75, 3.05) is 12.4 Å². The number of fused-ring (bicyclic) bond motifs is 1. The molecule has 0 bridgehead atoms. The third-order valence-electron chi connectivity index (χ3n) is 6.29. The fourth-order valence-electron chi connectivity index (χ4n) is 4.14. The van der Waals surface area contributed by atoms with Gasteiger partial charge in [-0.1, -0.05) is 12.1 Å². The van der Waals surface area contributed by atoms with E-state index in [1.807, 2.05) is 6.92 Å². The molecule has 1 aliphatic carbocycles. The fourth-order valence-corrected chi connectivity index (χ4v) is 4.14. The molecule has 1 aliphatic rings. The minimum Gasteiger partial charge on any atom is -0.487 e. The zero-order valence-electron chi connectivity index (χ0n) is 21.2. The number of imidazole rings is 1. The Morgan fingerprint density at radius 2 is 2.05 bits per heavy atom. The first-order valence-corrected chi connectivity index (χ1v) is 12.2. The third kappa shape index (κ3) is 5.41. The summed E-state index contributed by atoms with van der Waals surface area (Å²) in [5, 5.41) is 9.97. The van der Waals surface area contributed by atoms with Gasteiger partial charge in [0.25, 0.3) is 5.91 Å². The molecule has 3 aromatic heterocycles. The van der Waals surface area contributed by atoms with Gasteiger partial charge in [-0.2, -0.15) is 5.10 Å². The van der Waals surface area contributed by atoms with E-state index in [-0.39, 0.29) is 35.7 Å². The highest BCUT2D eigenvalue weighted by Crippen LogP contribution is 2.36. The van der Waals surface area contributed by atoms with Crippen molar-refractivity contribution in [2.24, 2.45) is 5.92 Å². The second-order valence-corrected chi connectivity index (χ2v) is 9.18. The normalized spacial score (nSPS) is 13.7. The molecule has 2 amide bonds. The number of methoxy groups -OCH3 is 1. The summed E-state index contributed by atoms with van der Waals surface area (Å²) in [6.45, 7) is 3.39. The van der Waals surface area contributed by atoms with Crippen molar-refractivity contribution in [3.05, 3.63) is 65.7 Å². The number of nitrogens with zero attached hydrogens (tertiary/aromatic N) is 4. The molecule has 0 spiro atoms. The molecule has 38 heavy (non-hydrogen) atoms. The van der Waals surface area contributed by atoms with E-state index in [1.54, 1.807) is 42.7 Å². The minimum atomic E-state index is -0.465. The molecule has 1 aromatic carbocycles. The van der Waals surface area contributed by atoms with Crippen LogP contribution in [0.1, 0.15) is 42.6 Å². The van der Waals surface area contributed by atoms with Gasteiger partial charge in [0.2, 0.25) is 11.8 Å². The van der Waals surface area contributed by atoms with Crippen LogP contribution < -0.4 is 20.1 Å². The van der Waals surface area contributed by atoms with Gasteiger partial charge in [-0.15, -0.1) is 0 Å². The number of ether oxygens (including phenoxy) is 2. The Kier molecular flexibility index (Phi) is 6.91. The lowest BCUT2D eigenvalue weighted by atomic mass is 10.1. The van der Waals surface area contributed by atoms with Gasteiger partial charge in [-0.3, -0.25) is 9.59 Å². The first-order chi connectivity index (χ1) is 18.3. The number of hydrogen-bond acceptors (Lipinski definition) is 7. The molecule has 3 heterocycles. The molecule has 1 saturated carbocycles. The van der Waals surface area contributed by atoms with Crippen molar-refractivity contribution in [1.29, 1.82) is 0 Å². The fraction of sp³-hybridized carbons (Fsp3) is 0.296. The molecule has 0 radical (unpaired) electrons. The average molecular weight is 519 g/mol. The molecule has 4 aromatic rings. The van der Waals surface area contributed by atoms with E-state index in [9.17, 15) is 14.0 Å². The van der Waals surface area contributed by atoms with E-state index in [0.717, 1.165) is 12.8 Å². The van der Waals surface area contributed by atoms with E-state index in [0.29, 0.717) is 34.2 Å². The Hall–Kier alpha value is -4.54. The zero-order valence-corrected chi connectivity index (χ0v) is 21.2. The van der Waals surface area contributed by atoms with Crippen LogP contribution in [0, 0.1) is 11.7 Å². The number of benzene rings is 1. The summed E-state index contributed by atoms with van der Waals surface area (Å²) in [4.78, 5) is 33.1. The monoisotopic (exact) mass is 518 g/mol. The van der Waals surface area contributed by atoms with Gasteiger partial charge in [0.15, 0.2) is 23.0 Å². The summed E-state index contributed by atoms with van der Waals surface area (Å²) in [6.07, 6.45) is 5.19. The highest BCUT2D eigenvalue weighted by Gasteiger charge is 2.30. The first-order valence-electron chi connectivity index (χ1n) is 12.2. The van der Waals surface area contributed by atoms with Crippen molar-refractivity contribution < 1.29 is 23.5 Å². The summed E-state index contributed by atoms with van der Waals surface area (Å²) in [6, 6.07) is 9.76. The predicted molar refractivity (Wildman–Crippen MR) is 137 cm³/mol. The van der Waals surface area contributed by atoms with E-state index < -0.39 is 11.7 Å². The topological polar surface area (TPSA) is 120 Å². The number of carbonyl (C=O) groups excluding carboxylic acids is 2. The Bertz CT molecular complexity index is 1520. The molecular weight excluding hydrogens is 491 g/mol. The highest BCUT2D eigenvalue weighted by atomic mass is 19.1. The molecular formula is C27H27FN6O4. The highest BCUT2D eigenvalue weighted by molar-refractivity contribution is 5.97. The Morgan fingerprint density at radius 1 is 1.24 bits per heavy atom. The quantitative estimate of drug-likeness (QED) is 0.344. The number of hydrogen-bond donors (Lipinski definition) is 2. The minimum absolute atomic E-state index is 0.0574. The number of carbonyl (C=O) groups is 2. The first kappa shape index (κ1) is 25.1. The van der Waals surface area contributed by atoms with Gasteiger partial charge in [0, 0.05) is 30.8 Å². The predicted octanol–water partition coefficient (Wildman–Crippen LogP) is 4.00. The largest absolute Gasteiger partial charge is 0.487 e. The molecule has 0 saturated heterocycles. The van der Waals surface area contributed by atoms with Crippen molar-refractivity contribution in [1.82, 2.24) is 24.9 Å². The number of rotatable bonds is 9. The summed E-state index contributed by atoms with van der Waals surface area (Å²) < 4.78 is 27.3. The molecule has 196 valence electrons. The average Bonchev–Trinajstić information content (AvgIpc) is 3.68. The number of aromatic nitrogens is 4. The van der Waals surface area contributed by atoms with Crippen LogP contribution in [0.5, 0.6) is 11.6 Å². The van der Waals surface area contributed by atoms with Gasteiger partial charge in [0.1, 0.15) is 5.56 Å². The molecule has 1 fully saturated rings. The van der Waals surface area contributed by atoms with Crippen LogP contribution in [0.4, 0.5) is 10.2 Å². The third-order valence-corrected chi connectivity index (χ3v) is 6.29. The van der Waals surface area contributed by atoms with Crippen molar-refractivity contribution in [2.45, 2.75) is 39.3 Å². The van der Waals surface area contributed by atoms with E-state index in [2.05, 4.69) is 25.7 Å². The Morgan fingerprint density at radius 3 is 2.79 bits per heavy atom. The molecule has 10 nitrogen and oxygen atoms in total.